The second kappa shape index (κ2) is 6.49. The SMILES string of the molecule is CC(C)(C)C1CCN(C(=O)c2cccc(N)c2)CC1.Cl. The number of carbonyl (C=O) groups excluding carboxylic acids is 1. The predicted octanol–water partition coefficient (Wildman–Crippen LogP) is 3.59. The first kappa shape index (κ1) is 16.8. The predicted molar refractivity (Wildman–Crippen MR) is 86.2 cm³/mol. The Kier molecular flexibility index (Phi) is 5.46. The lowest BCUT2D eigenvalue weighted by Crippen LogP contribution is -2.41. The van der Waals surface area contributed by atoms with E-state index in [-0.39, 0.29) is 18.3 Å². The van der Waals surface area contributed by atoms with Gasteiger partial charge in [0.2, 0.25) is 0 Å². The zero-order valence-corrected chi connectivity index (χ0v) is 13.4. The highest BCUT2D eigenvalue weighted by atomic mass is 35.5. The number of amides is 1. The van der Waals surface area contributed by atoms with Crippen LogP contribution in [0.3, 0.4) is 0 Å². The van der Waals surface area contributed by atoms with Gasteiger partial charge in [-0.2, -0.15) is 0 Å². The second-order valence-corrected chi connectivity index (χ2v) is 6.56. The van der Waals surface area contributed by atoms with Crippen LogP contribution in [0.25, 0.3) is 0 Å². The summed E-state index contributed by atoms with van der Waals surface area (Å²) in [5.74, 6) is 0.817. The lowest BCUT2D eigenvalue weighted by atomic mass is 9.75. The van der Waals surface area contributed by atoms with Gasteiger partial charge in [0.15, 0.2) is 0 Å². The molecule has 1 aliphatic heterocycles. The van der Waals surface area contributed by atoms with Crippen molar-refractivity contribution in [2.75, 3.05) is 18.8 Å². The fourth-order valence-corrected chi connectivity index (χ4v) is 2.80. The summed E-state index contributed by atoms with van der Waals surface area (Å²) in [7, 11) is 0. The molecule has 0 unspecified atom stereocenters. The topological polar surface area (TPSA) is 46.3 Å². The Balaban J connectivity index is 0.00000200. The summed E-state index contributed by atoms with van der Waals surface area (Å²) in [5, 5.41) is 0. The van der Waals surface area contributed by atoms with E-state index in [2.05, 4.69) is 20.8 Å². The van der Waals surface area contributed by atoms with Crippen molar-refractivity contribution in [3.63, 3.8) is 0 Å². The third-order valence-corrected chi connectivity index (χ3v) is 4.14. The maximum absolute atomic E-state index is 12.4. The molecule has 1 aromatic carbocycles. The molecule has 20 heavy (non-hydrogen) atoms. The van der Waals surface area contributed by atoms with Crippen molar-refractivity contribution < 1.29 is 4.79 Å². The molecule has 4 heteroatoms. The molecule has 3 nitrogen and oxygen atoms in total. The first-order chi connectivity index (χ1) is 8.88. The molecule has 1 fully saturated rings. The molecule has 1 heterocycles. The van der Waals surface area contributed by atoms with Gasteiger partial charge in [-0.3, -0.25) is 4.79 Å². The van der Waals surface area contributed by atoms with Gasteiger partial charge in [0, 0.05) is 24.3 Å². The molecule has 0 aliphatic carbocycles. The van der Waals surface area contributed by atoms with Gasteiger partial charge in [-0.1, -0.05) is 26.8 Å². The number of hydrogen-bond acceptors (Lipinski definition) is 2. The number of hydrogen-bond donors (Lipinski definition) is 1. The molecular formula is C16H25ClN2O. The van der Waals surface area contributed by atoms with Gasteiger partial charge in [-0.15, -0.1) is 12.4 Å². The van der Waals surface area contributed by atoms with Gasteiger partial charge < -0.3 is 10.6 Å². The minimum absolute atomic E-state index is 0. The Morgan fingerprint density at radius 1 is 1.25 bits per heavy atom. The van der Waals surface area contributed by atoms with E-state index in [1.54, 1.807) is 6.07 Å². The Bertz CT molecular complexity index is 460. The van der Waals surface area contributed by atoms with Crippen LogP contribution in [0.15, 0.2) is 24.3 Å². The smallest absolute Gasteiger partial charge is 0.253 e. The van der Waals surface area contributed by atoms with Crippen molar-refractivity contribution in [1.29, 1.82) is 0 Å². The molecule has 0 aromatic heterocycles. The third-order valence-electron chi connectivity index (χ3n) is 4.14. The number of nitrogens with two attached hydrogens (primary N) is 1. The maximum atomic E-state index is 12.4. The fraction of sp³-hybridized carbons (Fsp3) is 0.562. The first-order valence-electron chi connectivity index (χ1n) is 7.03. The highest BCUT2D eigenvalue weighted by molar-refractivity contribution is 5.95. The highest BCUT2D eigenvalue weighted by Crippen LogP contribution is 2.34. The van der Waals surface area contributed by atoms with E-state index in [9.17, 15) is 4.79 Å². The van der Waals surface area contributed by atoms with E-state index >= 15 is 0 Å². The number of anilines is 1. The van der Waals surface area contributed by atoms with Gasteiger partial charge in [0.05, 0.1) is 0 Å². The van der Waals surface area contributed by atoms with E-state index in [1.807, 2.05) is 23.1 Å². The van der Waals surface area contributed by atoms with E-state index in [0.29, 0.717) is 22.6 Å². The monoisotopic (exact) mass is 296 g/mol. The number of piperidine rings is 1. The molecule has 0 radical (unpaired) electrons. The molecule has 0 saturated carbocycles. The van der Waals surface area contributed by atoms with Crippen LogP contribution in [0.4, 0.5) is 5.69 Å². The van der Waals surface area contributed by atoms with Crippen LogP contribution in [-0.4, -0.2) is 23.9 Å². The molecule has 1 saturated heterocycles. The number of nitrogens with zero attached hydrogens (tertiary/aromatic N) is 1. The largest absolute Gasteiger partial charge is 0.399 e. The Labute approximate surface area is 127 Å². The minimum atomic E-state index is 0. The second-order valence-electron chi connectivity index (χ2n) is 6.56. The molecule has 1 aliphatic rings. The van der Waals surface area contributed by atoms with E-state index in [1.165, 1.54) is 0 Å². The number of carbonyl (C=O) groups is 1. The number of rotatable bonds is 1. The quantitative estimate of drug-likeness (QED) is 0.805. The van der Waals surface area contributed by atoms with Gasteiger partial charge in [-0.25, -0.2) is 0 Å². The fourth-order valence-electron chi connectivity index (χ4n) is 2.80. The molecule has 2 rings (SSSR count). The number of nitrogen functional groups attached to an aromatic ring is 1. The zero-order chi connectivity index (χ0) is 14.0. The number of halogens is 1. The van der Waals surface area contributed by atoms with Crippen molar-refractivity contribution in [2.45, 2.75) is 33.6 Å². The average molecular weight is 297 g/mol. The third kappa shape index (κ3) is 3.89. The van der Waals surface area contributed by atoms with Crippen LogP contribution in [0.5, 0.6) is 0 Å². The summed E-state index contributed by atoms with van der Waals surface area (Å²) in [4.78, 5) is 14.3. The lowest BCUT2D eigenvalue weighted by molar-refractivity contribution is 0.0609. The van der Waals surface area contributed by atoms with E-state index < -0.39 is 0 Å². The molecule has 112 valence electrons. The zero-order valence-electron chi connectivity index (χ0n) is 12.6. The standard InChI is InChI=1S/C16H24N2O.ClH/c1-16(2,3)13-7-9-18(10-8-13)15(19)12-5-4-6-14(17)11-12;/h4-6,11,13H,7-10,17H2,1-3H3;1H. The molecule has 1 amide bonds. The summed E-state index contributed by atoms with van der Waals surface area (Å²) in [6.45, 7) is 8.57. The Morgan fingerprint density at radius 2 is 1.85 bits per heavy atom. The molecule has 0 atom stereocenters. The van der Waals surface area contributed by atoms with Gasteiger partial charge in [0.1, 0.15) is 0 Å². The van der Waals surface area contributed by atoms with E-state index in [0.717, 1.165) is 25.9 Å². The van der Waals surface area contributed by atoms with Gasteiger partial charge in [0.25, 0.3) is 5.91 Å². The highest BCUT2D eigenvalue weighted by Gasteiger charge is 2.30. The van der Waals surface area contributed by atoms with Gasteiger partial charge >= 0.3 is 0 Å². The van der Waals surface area contributed by atoms with Crippen molar-refractivity contribution in [1.82, 2.24) is 4.90 Å². The number of benzene rings is 1. The summed E-state index contributed by atoms with van der Waals surface area (Å²) in [6, 6.07) is 7.25. The summed E-state index contributed by atoms with van der Waals surface area (Å²) < 4.78 is 0. The molecule has 0 spiro atoms. The van der Waals surface area contributed by atoms with Crippen molar-refractivity contribution in [3.05, 3.63) is 29.8 Å². The number of likely N-dealkylation sites (tertiary alicyclic amines) is 1. The molecule has 0 bridgehead atoms. The van der Waals surface area contributed by atoms with Crippen LogP contribution >= 0.6 is 12.4 Å². The first-order valence-corrected chi connectivity index (χ1v) is 7.03. The van der Waals surface area contributed by atoms with Crippen LogP contribution in [0, 0.1) is 11.3 Å². The summed E-state index contributed by atoms with van der Waals surface area (Å²) in [5.41, 5.74) is 7.43. The van der Waals surface area contributed by atoms with Crippen molar-refractivity contribution in [3.8, 4) is 0 Å². The van der Waals surface area contributed by atoms with Crippen molar-refractivity contribution in [2.24, 2.45) is 11.3 Å². The maximum Gasteiger partial charge on any atom is 0.253 e. The molecular weight excluding hydrogens is 272 g/mol. The normalized spacial score (nSPS) is 16.6. The summed E-state index contributed by atoms with van der Waals surface area (Å²) in [6.07, 6.45) is 2.19. The van der Waals surface area contributed by atoms with Crippen LogP contribution in [0.2, 0.25) is 0 Å². The summed E-state index contributed by atoms with van der Waals surface area (Å²) >= 11 is 0. The molecule has 1 aromatic rings. The van der Waals surface area contributed by atoms with E-state index in [4.69, 9.17) is 5.73 Å². The van der Waals surface area contributed by atoms with Crippen LogP contribution in [0.1, 0.15) is 44.0 Å². The average Bonchev–Trinajstić information content (AvgIpc) is 2.37. The lowest BCUT2D eigenvalue weighted by Gasteiger charge is -2.38. The molecule has 2 N–H and O–H groups in total. The Morgan fingerprint density at radius 3 is 2.35 bits per heavy atom. The van der Waals surface area contributed by atoms with Crippen LogP contribution < -0.4 is 5.73 Å². The van der Waals surface area contributed by atoms with Gasteiger partial charge in [-0.05, 0) is 42.4 Å². The van der Waals surface area contributed by atoms with Crippen molar-refractivity contribution >= 4 is 24.0 Å². The Hall–Kier alpha value is -1.22. The minimum Gasteiger partial charge on any atom is -0.399 e. The van der Waals surface area contributed by atoms with Crippen LogP contribution in [-0.2, 0) is 0 Å².